The average Bonchev–Trinajstić information content (AvgIpc) is 2.80. The van der Waals surface area contributed by atoms with Gasteiger partial charge in [-0.1, -0.05) is 36.2 Å². The van der Waals surface area contributed by atoms with Gasteiger partial charge in [0.1, 0.15) is 17.6 Å². The summed E-state index contributed by atoms with van der Waals surface area (Å²) < 4.78 is 12.8. The monoisotopic (exact) mass is 439 g/mol. The van der Waals surface area contributed by atoms with Crippen molar-refractivity contribution in [2.24, 2.45) is 0 Å². The molecule has 7 heteroatoms. The van der Waals surface area contributed by atoms with E-state index in [0.29, 0.717) is 18.9 Å². The Kier molecular flexibility index (Phi) is 8.28. The molecule has 0 aliphatic heterocycles. The van der Waals surface area contributed by atoms with E-state index in [1.807, 2.05) is 38.1 Å². The lowest BCUT2D eigenvalue weighted by molar-refractivity contribution is 0.167. The van der Waals surface area contributed by atoms with Gasteiger partial charge in [-0.3, -0.25) is 0 Å². The van der Waals surface area contributed by atoms with Crippen molar-refractivity contribution < 1.29 is 14.6 Å². The van der Waals surface area contributed by atoms with E-state index in [-0.39, 0.29) is 5.25 Å². The van der Waals surface area contributed by atoms with Gasteiger partial charge >= 0.3 is 0 Å². The van der Waals surface area contributed by atoms with Gasteiger partial charge in [-0.25, -0.2) is 14.3 Å². The Hall–Kier alpha value is -2.61. The first-order chi connectivity index (χ1) is 15.0. The summed E-state index contributed by atoms with van der Waals surface area (Å²) >= 11 is 1.60. The van der Waals surface area contributed by atoms with Crippen LogP contribution in [0.3, 0.4) is 0 Å². The molecule has 0 aliphatic carbocycles. The maximum Gasteiger partial charge on any atom is 0.157 e. The number of methoxy groups -OCH3 is 2. The summed E-state index contributed by atoms with van der Waals surface area (Å²) in [6, 6.07) is 16.1. The van der Waals surface area contributed by atoms with Gasteiger partial charge in [-0.05, 0) is 54.8 Å². The molecule has 0 bridgehead atoms. The van der Waals surface area contributed by atoms with Crippen LogP contribution in [0.4, 0.5) is 0 Å². The Bertz CT molecular complexity index is 884. The van der Waals surface area contributed by atoms with Crippen LogP contribution < -0.4 is 9.47 Å². The van der Waals surface area contributed by atoms with Crippen LogP contribution >= 0.6 is 11.9 Å². The zero-order valence-electron chi connectivity index (χ0n) is 18.4. The molecular weight excluding hydrogens is 410 g/mol. The highest BCUT2D eigenvalue weighted by atomic mass is 32.2. The number of hydrogen-bond donors (Lipinski definition) is 1. The fraction of sp³-hybridized carbons (Fsp3) is 0.333. The molecule has 3 aromatic rings. The maximum absolute atomic E-state index is 10.8. The van der Waals surface area contributed by atoms with Gasteiger partial charge in [0.2, 0.25) is 0 Å². The van der Waals surface area contributed by atoms with Crippen molar-refractivity contribution in [3.05, 3.63) is 83.4 Å². The van der Waals surface area contributed by atoms with Crippen LogP contribution in [0.15, 0.2) is 60.9 Å². The van der Waals surface area contributed by atoms with Gasteiger partial charge in [0.15, 0.2) is 5.82 Å². The van der Waals surface area contributed by atoms with Gasteiger partial charge in [-0.15, -0.1) is 0 Å². The number of aryl methyl sites for hydroxylation is 1. The highest BCUT2D eigenvalue weighted by molar-refractivity contribution is 7.97. The minimum absolute atomic E-state index is 0.126. The van der Waals surface area contributed by atoms with E-state index in [4.69, 9.17) is 9.47 Å². The summed E-state index contributed by atoms with van der Waals surface area (Å²) in [5.74, 6) is 2.11. The third-order valence-corrected chi connectivity index (χ3v) is 6.01. The van der Waals surface area contributed by atoms with E-state index >= 15 is 0 Å². The van der Waals surface area contributed by atoms with Crippen LogP contribution in [0.5, 0.6) is 11.5 Å². The summed E-state index contributed by atoms with van der Waals surface area (Å²) in [5.41, 5.74) is 3.29. The van der Waals surface area contributed by atoms with E-state index in [9.17, 15) is 5.11 Å². The Morgan fingerprint density at radius 2 is 1.32 bits per heavy atom. The van der Waals surface area contributed by atoms with Crippen LogP contribution in [0.25, 0.3) is 0 Å². The fourth-order valence-corrected chi connectivity index (χ4v) is 4.21. The molecule has 31 heavy (non-hydrogen) atoms. The van der Waals surface area contributed by atoms with Crippen LogP contribution in [0.2, 0.25) is 0 Å². The maximum atomic E-state index is 10.8. The molecule has 6 nitrogen and oxygen atoms in total. The number of benzene rings is 2. The second kappa shape index (κ2) is 11.1. The summed E-state index contributed by atoms with van der Waals surface area (Å²) in [4.78, 5) is 8.58. The molecule has 0 fully saturated rings. The Morgan fingerprint density at radius 3 is 1.74 bits per heavy atom. The third-order valence-electron chi connectivity index (χ3n) is 4.86. The first-order valence-electron chi connectivity index (χ1n) is 10.1. The second-order valence-electron chi connectivity index (χ2n) is 7.37. The van der Waals surface area contributed by atoms with Crippen LogP contribution in [-0.2, 0) is 13.1 Å². The molecule has 0 saturated heterocycles. The van der Waals surface area contributed by atoms with E-state index < -0.39 is 6.10 Å². The lowest BCUT2D eigenvalue weighted by atomic mass is 10.2. The molecule has 0 saturated carbocycles. The normalized spacial score (nSPS) is 13.1. The zero-order valence-corrected chi connectivity index (χ0v) is 19.2. The highest BCUT2D eigenvalue weighted by Gasteiger charge is 2.23. The number of ether oxygens (including phenoxy) is 2. The van der Waals surface area contributed by atoms with Gasteiger partial charge in [0, 0.05) is 30.7 Å². The van der Waals surface area contributed by atoms with Crippen molar-refractivity contribution in [3.63, 3.8) is 0 Å². The summed E-state index contributed by atoms with van der Waals surface area (Å²) in [6.07, 6.45) is 2.70. The lowest BCUT2D eigenvalue weighted by Gasteiger charge is -2.27. The first-order valence-corrected chi connectivity index (χ1v) is 11.0. The summed E-state index contributed by atoms with van der Waals surface area (Å²) in [6.45, 7) is 5.35. The molecule has 1 heterocycles. The van der Waals surface area contributed by atoms with Crippen LogP contribution in [-0.4, -0.2) is 38.8 Å². The molecule has 3 rings (SSSR count). The van der Waals surface area contributed by atoms with E-state index in [1.165, 1.54) is 0 Å². The topological polar surface area (TPSA) is 67.7 Å². The van der Waals surface area contributed by atoms with Gasteiger partial charge in [-0.2, -0.15) is 0 Å². The van der Waals surface area contributed by atoms with E-state index in [0.717, 1.165) is 28.2 Å². The molecule has 2 unspecified atom stereocenters. The first kappa shape index (κ1) is 23.1. The smallest absolute Gasteiger partial charge is 0.157 e. The lowest BCUT2D eigenvalue weighted by Crippen LogP contribution is -2.23. The molecule has 0 aliphatic rings. The molecule has 1 N–H and O–H groups in total. The van der Waals surface area contributed by atoms with Crippen molar-refractivity contribution in [3.8, 4) is 11.5 Å². The highest BCUT2D eigenvalue weighted by Crippen LogP contribution is 2.30. The quantitative estimate of drug-likeness (QED) is 0.464. The molecule has 2 atom stereocenters. The van der Waals surface area contributed by atoms with E-state index in [2.05, 4.69) is 38.5 Å². The minimum atomic E-state index is -0.764. The molecule has 0 radical (unpaired) electrons. The van der Waals surface area contributed by atoms with Crippen LogP contribution in [0.1, 0.15) is 35.5 Å². The molecule has 0 spiro atoms. The molecule has 1 aromatic heterocycles. The average molecular weight is 440 g/mol. The van der Waals surface area contributed by atoms with Crippen molar-refractivity contribution in [1.82, 2.24) is 14.3 Å². The number of aliphatic hydroxyl groups excluding tert-OH is 1. The van der Waals surface area contributed by atoms with Crippen molar-refractivity contribution in [1.29, 1.82) is 0 Å². The van der Waals surface area contributed by atoms with Crippen molar-refractivity contribution in [2.45, 2.75) is 38.3 Å². The van der Waals surface area contributed by atoms with Crippen molar-refractivity contribution >= 4 is 11.9 Å². The number of nitrogens with zero attached hydrogens (tertiary/aromatic N) is 3. The predicted octanol–water partition coefficient (Wildman–Crippen LogP) is 4.57. The Balaban J connectivity index is 1.74. The van der Waals surface area contributed by atoms with Gasteiger partial charge in [0.05, 0.1) is 14.2 Å². The third kappa shape index (κ3) is 6.69. The SMILES string of the molecule is COc1ccc(CN(Cc2ccc(OC)cc2)SC(C)C(O)c2ncc(C)cn2)cc1. The fourth-order valence-electron chi connectivity index (χ4n) is 3.06. The zero-order chi connectivity index (χ0) is 22.2. The number of aliphatic hydroxyl groups is 1. The van der Waals surface area contributed by atoms with Crippen molar-refractivity contribution in [2.75, 3.05) is 14.2 Å². The number of rotatable bonds is 10. The molecule has 0 amide bonds. The van der Waals surface area contributed by atoms with E-state index in [1.54, 1.807) is 38.6 Å². The Labute approximate surface area is 188 Å². The van der Waals surface area contributed by atoms with Crippen LogP contribution in [0, 0.1) is 6.92 Å². The van der Waals surface area contributed by atoms with Gasteiger partial charge in [0.25, 0.3) is 0 Å². The molecular formula is C24H29N3O3S. The second-order valence-corrected chi connectivity index (χ2v) is 8.84. The Morgan fingerprint density at radius 1 is 0.871 bits per heavy atom. The number of hydrogen-bond acceptors (Lipinski definition) is 7. The standard InChI is InChI=1S/C24H29N3O3S/c1-17-13-25-24(26-14-17)23(28)18(2)31-27(15-19-5-9-21(29-3)10-6-19)16-20-7-11-22(30-4)12-8-20/h5-14,18,23,28H,15-16H2,1-4H3. The number of aromatic nitrogens is 2. The van der Waals surface area contributed by atoms with Gasteiger partial charge < -0.3 is 14.6 Å². The minimum Gasteiger partial charge on any atom is -0.497 e. The largest absolute Gasteiger partial charge is 0.497 e. The predicted molar refractivity (Wildman–Crippen MR) is 124 cm³/mol. The molecule has 2 aromatic carbocycles. The molecule has 164 valence electrons. The summed E-state index contributed by atoms with van der Waals surface area (Å²) in [5, 5.41) is 10.7. The summed E-state index contributed by atoms with van der Waals surface area (Å²) in [7, 11) is 3.33.